The first kappa shape index (κ1) is 14.9. The van der Waals surface area contributed by atoms with Crippen molar-refractivity contribution in [1.82, 2.24) is 15.1 Å². The predicted molar refractivity (Wildman–Crippen MR) is 90.1 cm³/mol. The molecule has 1 aliphatic carbocycles. The highest BCUT2D eigenvalue weighted by atomic mass is 19.1. The fourth-order valence-corrected chi connectivity index (χ4v) is 2.97. The molecule has 0 saturated heterocycles. The Labute approximate surface area is 139 Å². The van der Waals surface area contributed by atoms with E-state index in [0.717, 1.165) is 34.9 Å². The minimum Gasteiger partial charge on any atom is -0.330 e. The molecule has 0 bridgehead atoms. The minimum absolute atomic E-state index is 0.0707. The number of nitrogens with zero attached hydrogens (tertiary/aromatic N) is 2. The lowest BCUT2D eigenvalue weighted by molar-refractivity contribution is 0.0726. The van der Waals surface area contributed by atoms with E-state index in [2.05, 4.69) is 10.2 Å². The molecule has 4 nitrogen and oxygen atoms in total. The van der Waals surface area contributed by atoms with Crippen LogP contribution in [0.15, 0.2) is 42.5 Å². The van der Waals surface area contributed by atoms with Crippen LogP contribution >= 0.6 is 0 Å². The summed E-state index contributed by atoms with van der Waals surface area (Å²) in [6.45, 7) is 2.47. The molecule has 1 aliphatic rings. The maximum absolute atomic E-state index is 13.1. The van der Waals surface area contributed by atoms with E-state index in [4.69, 9.17) is 0 Å². The maximum Gasteiger partial charge on any atom is 0.275 e. The van der Waals surface area contributed by atoms with E-state index in [1.807, 2.05) is 30.0 Å². The van der Waals surface area contributed by atoms with Gasteiger partial charge in [-0.3, -0.25) is 9.89 Å². The Bertz CT molecular complexity index is 897. The zero-order valence-corrected chi connectivity index (χ0v) is 13.4. The molecule has 0 radical (unpaired) electrons. The highest BCUT2D eigenvalue weighted by Crippen LogP contribution is 2.31. The van der Waals surface area contributed by atoms with E-state index in [9.17, 15) is 9.18 Å². The van der Waals surface area contributed by atoms with Gasteiger partial charge in [0.25, 0.3) is 5.91 Å². The van der Waals surface area contributed by atoms with Crippen LogP contribution in [0.5, 0.6) is 0 Å². The summed E-state index contributed by atoms with van der Waals surface area (Å²) in [4.78, 5) is 14.9. The molecule has 5 heteroatoms. The first-order valence-corrected chi connectivity index (χ1v) is 8.12. The highest BCUT2D eigenvalue weighted by Gasteiger charge is 2.34. The van der Waals surface area contributed by atoms with Gasteiger partial charge in [-0.15, -0.1) is 0 Å². The molecular weight excluding hydrogens is 305 g/mol. The van der Waals surface area contributed by atoms with Crippen molar-refractivity contribution in [3.63, 3.8) is 0 Å². The lowest BCUT2D eigenvalue weighted by Crippen LogP contribution is -2.33. The SMILES string of the molecule is Cc1ccc2[nH]nc(C(=O)N(Cc3ccc(F)cc3)C3CC3)c2c1. The number of aryl methyl sites for hydroxylation is 1. The van der Waals surface area contributed by atoms with Crippen LogP contribution in [-0.4, -0.2) is 27.0 Å². The van der Waals surface area contributed by atoms with Crippen molar-refractivity contribution in [2.45, 2.75) is 32.4 Å². The van der Waals surface area contributed by atoms with Crippen LogP contribution in [0.1, 0.15) is 34.5 Å². The highest BCUT2D eigenvalue weighted by molar-refractivity contribution is 6.05. The Morgan fingerprint density at radius 3 is 2.71 bits per heavy atom. The number of hydrogen-bond donors (Lipinski definition) is 1. The average molecular weight is 323 g/mol. The summed E-state index contributed by atoms with van der Waals surface area (Å²) in [5, 5.41) is 8.03. The molecule has 2 aromatic carbocycles. The number of nitrogens with one attached hydrogen (secondary N) is 1. The topological polar surface area (TPSA) is 49.0 Å². The number of benzene rings is 2. The number of carbonyl (C=O) groups is 1. The first-order chi connectivity index (χ1) is 11.6. The molecule has 1 saturated carbocycles. The monoisotopic (exact) mass is 323 g/mol. The fourth-order valence-electron chi connectivity index (χ4n) is 2.97. The van der Waals surface area contributed by atoms with Gasteiger partial charge in [0.2, 0.25) is 0 Å². The van der Waals surface area contributed by atoms with Gasteiger partial charge < -0.3 is 4.90 Å². The molecule has 1 heterocycles. The Morgan fingerprint density at radius 1 is 1.25 bits per heavy atom. The molecule has 122 valence electrons. The van der Waals surface area contributed by atoms with Crippen LogP contribution < -0.4 is 0 Å². The normalized spacial score (nSPS) is 14.1. The summed E-state index contributed by atoms with van der Waals surface area (Å²) in [7, 11) is 0. The molecule has 0 unspecified atom stereocenters. The number of fused-ring (bicyclic) bond motifs is 1. The molecule has 0 spiro atoms. The second kappa shape index (κ2) is 5.74. The number of H-pyrrole nitrogens is 1. The van der Waals surface area contributed by atoms with Gasteiger partial charge in [0.1, 0.15) is 5.82 Å². The van der Waals surface area contributed by atoms with Crippen molar-refractivity contribution in [3.8, 4) is 0 Å². The largest absolute Gasteiger partial charge is 0.330 e. The molecule has 1 fully saturated rings. The van der Waals surface area contributed by atoms with Crippen LogP contribution in [0.4, 0.5) is 4.39 Å². The molecule has 1 amide bonds. The summed E-state index contributed by atoms with van der Waals surface area (Å²) in [5.41, 5.74) is 3.34. The third-order valence-corrected chi connectivity index (χ3v) is 4.44. The van der Waals surface area contributed by atoms with Crippen molar-refractivity contribution in [2.75, 3.05) is 0 Å². The number of aromatic amines is 1. The first-order valence-electron chi connectivity index (χ1n) is 8.12. The van der Waals surface area contributed by atoms with Crippen LogP contribution in [0, 0.1) is 12.7 Å². The second-order valence-corrected chi connectivity index (χ2v) is 6.41. The number of carbonyl (C=O) groups excluding carboxylic acids is 1. The van der Waals surface area contributed by atoms with E-state index in [1.165, 1.54) is 12.1 Å². The number of hydrogen-bond acceptors (Lipinski definition) is 2. The smallest absolute Gasteiger partial charge is 0.275 e. The van der Waals surface area contributed by atoms with Crippen molar-refractivity contribution in [1.29, 1.82) is 0 Å². The lowest BCUT2D eigenvalue weighted by Gasteiger charge is -2.21. The fraction of sp³-hybridized carbons (Fsp3) is 0.263. The van der Waals surface area contributed by atoms with Crippen LogP contribution in [0.3, 0.4) is 0 Å². The van der Waals surface area contributed by atoms with Crippen molar-refractivity contribution >= 4 is 16.8 Å². The van der Waals surface area contributed by atoms with Gasteiger partial charge in [-0.2, -0.15) is 5.10 Å². The van der Waals surface area contributed by atoms with E-state index in [1.54, 1.807) is 12.1 Å². The third kappa shape index (κ3) is 2.77. The molecule has 1 aromatic heterocycles. The van der Waals surface area contributed by atoms with Crippen LogP contribution in [0.2, 0.25) is 0 Å². The minimum atomic E-state index is -0.267. The number of rotatable bonds is 4. The Hall–Kier alpha value is -2.69. The zero-order valence-electron chi connectivity index (χ0n) is 13.4. The molecule has 1 N–H and O–H groups in total. The Morgan fingerprint density at radius 2 is 2.00 bits per heavy atom. The molecule has 3 aromatic rings. The standard InChI is InChI=1S/C19H18FN3O/c1-12-2-9-17-16(10-12)18(22-21-17)19(24)23(15-7-8-15)11-13-3-5-14(20)6-4-13/h2-6,9-10,15H,7-8,11H2,1H3,(H,21,22). The van der Waals surface area contributed by atoms with E-state index < -0.39 is 0 Å². The van der Waals surface area contributed by atoms with Crippen molar-refractivity contribution in [3.05, 3.63) is 65.1 Å². The summed E-state index contributed by atoms with van der Waals surface area (Å²) < 4.78 is 13.1. The predicted octanol–water partition coefficient (Wildman–Crippen LogP) is 3.82. The third-order valence-electron chi connectivity index (χ3n) is 4.44. The zero-order chi connectivity index (χ0) is 16.7. The quantitative estimate of drug-likeness (QED) is 0.793. The number of amides is 1. The average Bonchev–Trinajstić information content (AvgIpc) is 3.33. The molecule has 0 atom stereocenters. The van der Waals surface area contributed by atoms with Crippen molar-refractivity contribution < 1.29 is 9.18 Å². The van der Waals surface area contributed by atoms with E-state index in [-0.39, 0.29) is 17.8 Å². The lowest BCUT2D eigenvalue weighted by atomic mass is 10.1. The van der Waals surface area contributed by atoms with Gasteiger partial charge in [-0.25, -0.2) is 4.39 Å². The van der Waals surface area contributed by atoms with Gasteiger partial charge >= 0.3 is 0 Å². The summed E-state index contributed by atoms with van der Waals surface area (Å²) in [6.07, 6.45) is 2.02. The molecule has 0 aliphatic heterocycles. The van der Waals surface area contributed by atoms with Gasteiger partial charge in [0, 0.05) is 18.0 Å². The van der Waals surface area contributed by atoms with Crippen LogP contribution in [0.25, 0.3) is 10.9 Å². The maximum atomic E-state index is 13.1. The van der Waals surface area contributed by atoms with Gasteiger partial charge in [0.15, 0.2) is 5.69 Å². The molecule has 24 heavy (non-hydrogen) atoms. The number of aromatic nitrogens is 2. The van der Waals surface area contributed by atoms with E-state index in [0.29, 0.717) is 12.2 Å². The number of halogens is 1. The second-order valence-electron chi connectivity index (χ2n) is 6.41. The molecule has 4 rings (SSSR count). The van der Waals surface area contributed by atoms with Crippen molar-refractivity contribution in [2.24, 2.45) is 0 Å². The molecular formula is C19H18FN3O. The summed E-state index contributed by atoms with van der Waals surface area (Å²) in [5.74, 6) is -0.338. The van der Waals surface area contributed by atoms with Gasteiger partial charge in [-0.1, -0.05) is 23.8 Å². The van der Waals surface area contributed by atoms with Gasteiger partial charge in [0.05, 0.1) is 5.52 Å². The summed E-state index contributed by atoms with van der Waals surface area (Å²) >= 11 is 0. The van der Waals surface area contributed by atoms with Crippen LogP contribution in [-0.2, 0) is 6.54 Å². The Balaban J connectivity index is 1.66. The Kier molecular flexibility index (Phi) is 3.56. The van der Waals surface area contributed by atoms with Gasteiger partial charge in [-0.05, 0) is 49.6 Å². The summed E-state index contributed by atoms with van der Waals surface area (Å²) in [6, 6.07) is 12.5. The van der Waals surface area contributed by atoms with E-state index >= 15 is 0 Å².